The molecule has 0 atom stereocenters. The van der Waals surface area contributed by atoms with Crippen LogP contribution in [0.3, 0.4) is 0 Å². The first kappa shape index (κ1) is 17.7. The number of hydrogen-bond donors (Lipinski definition) is 1. The lowest BCUT2D eigenvalue weighted by molar-refractivity contribution is -0.181. The van der Waals surface area contributed by atoms with E-state index in [0.717, 1.165) is 11.1 Å². The second-order valence-corrected chi connectivity index (χ2v) is 6.20. The predicted molar refractivity (Wildman–Crippen MR) is 91.6 cm³/mol. The third-order valence-electron chi connectivity index (χ3n) is 3.82. The van der Waals surface area contributed by atoms with Gasteiger partial charge in [-0.3, -0.25) is 4.79 Å². The standard InChI is InChI=1S/C20H22O4/c1-15(2)18(21)24-20(19(22)23,13-16-9-5-3-6-10-16)14-17-11-7-4-8-12-17/h3-12,15H,13-14H2,1-2H3,(H,22,23). The first-order chi connectivity index (χ1) is 11.4. The van der Waals surface area contributed by atoms with Crippen molar-refractivity contribution in [2.24, 2.45) is 5.92 Å². The molecule has 126 valence electrons. The van der Waals surface area contributed by atoms with E-state index in [1.165, 1.54) is 0 Å². The van der Waals surface area contributed by atoms with Gasteiger partial charge >= 0.3 is 11.9 Å². The third kappa shape index (κ3) is 4.44. The molecule has 2 rings (SSSR count). The number of carbonyl (C=O) groups excluding carboxylic acids is 1. The topological polar surface area (TPSA) is 63.6 Å². The fourth-order valence-corrected chi connectivity index (χ4v) is 2.49. The number of carboxylic acid groups (broad SMARTS) is 1. The predicted octanol–water partition coefficient (Wildman–Crippen LogP) is 3.49. The fraction of sp³-hybridized carbons (Fsp3) is 0.300. The van der Waals surface area contributed by atoms with E-state index in [0.29, 0.717) is 0 Å². The van der Waals surface area contributed by atoms with Gasteiger partial charge in [0.05, 0.1) is 5.92 Å². The molecule has 0 amide bonds. The monoisotopic (exact) mass is 326 g/mol. The zero-order valence-corrected chi connectivity index (χ0v) is 13.9. The van der Waals surface area contributed by atoms with Gasteiger partial charge in [0, 0.05) is 12.8 Å². The summed E-state index contributed by atoms with van der Waals surface area (Å²) in [6, 6.07) is 18.5. The van der Waals surface area contributed by atoms with Gasteiger partial charge in [0.15, 0.2) is 0 Å². The highest BCUT2D eigenvalue weighted by Crippen LogP contribution is 2.25. The van der Waals surface area contributed by atoms with Crippen molar-refractivity contribution in [3.05, 3.63) is 71.8 Å². The SMILES string of the molecule is CC(C)C(=O)OC(Cc1ccccc1)(Cc1ccccc1)C(=O)O. The van der Waals surface area contributed by atoms with E-state index < -0.39 is 23.5 Å². The Morgan fingerprint density at radius 3 is 1.67 bits per heavy atom. The van der Waals surface area contributed by atoms with E-state index >= 15 is 0 Å². The maximum absolute atomic E-state index is 12.2. The molecule has 0 heterocycles. The minimum absolute atomic E-state index is 0.122. The van der Waals surface area contributed by atoms with E-state index in [1.54, 1.807) is 13.8 Å². The average Bonchev–Trinajstić information content (AvgIpc) is 2.56. The first-order valence-corrected chi connectivity index (χ1v) is 7.97. The van der Waals surface area contributed by atoms with Gasteiger partial charge in [0.2, 0.25) is 5.60 Å². The summed E-state index contributed by atoms with van der Waals surface area (Å²) in [5.41, 5.74) is 0.00382. The highest BCUT2D eigenvalue weighted by Gasteiger charge is 2.43. The van der Waals surface area contributed by atoms with Crippen LogP contribution in [-0.2, 0) is 27.2 Å². The molecule has 4 nitrogen and oxygen atoms in total. The average molecular weight is 326 g/mol. The summed E-state index contributed by atoms with van der Waals surface area (Å²) < 4.78 is 5.53. The van der Waals surface area contributed by atoms with Crippen LogP contribution in [0.2, 0.25) is 0 Å². The van der Waals surface area contributed by atoms with Crippen molar-refractivity contribution in [2.45, 2.75) is 32.3 Å². The Labute approximate surface area is 142 Å². The molecule has 0 aliphatic heterocycles. The summed E-state index contributed by atoms with van der Waals surface area (Å²) >= 11 is 0. The normalized spacial score (nSPS) is 11.3. The van der Waals surface area contributed by atoms with Crippen LogP contribution in [0.5, 0.6) is 0 Å². The highest BCUT2D eigenvalue weighted by molar-refractivity contribution is 5.83. The zero-order valence-electron chi connectivity index (χ0n) is 13.9. The van der Waals surface area contributed by atoms with Gasteiger partial charge in [-0.2, -0.15) is 0 Å². The fourth-order valence-electron chi connectivity index (χ4n) is 2.49. The number of esters is 1. The van der Waals surface area contributed by atoms with E-state index in [4.69, 9.17) is 4.74 Å². The lowest BCUT2D eigenvalue weighted by Crippen LogP contribution is -2.48. The first-order valence-electron chi connectivity index (χ1n) is 7.97. The van der Waals surface area contributed by atoms with Gasteiger partial charge in [-0.05, 0) is 11.1 Å². The van der Waals surface area contributed by atoms with E-state index in [1.807, 2.05) is 60.7 Å². The van der Waals surface area contributed by atoms with Crippen molar-refractivity contribution in [1.82, 2.24) is 0 Å². The summed E-state index contributed by atoms with van der Waals surface area (Å²) in [7, 11) is 0. The summed E-state index contributed by atoms with van der Waals surface area (Å²) in [5, 5.41) is 9.90. The van der Waals surface area contributed by atoms with Crippen LogP contribution >= 0.6 is 0 Å². The molecular formula is C20H22O4. The van der Waals surface area contributed by atoms with Crippen molar-refractivity contribution < 1.29 is 19.4 Å². The zero-order chi connectivity index (χ0) is 17.6. The van der Waals surface area contributed by atoms with Crippen molar-refractivity contribution in [3.63, 3.8) is 0 Å². The van der Waals surface area contributed by atoms with Gasteiger partial charge in [-0.15, -0.1) is 0 Å². The summed E-state index contributed by atoms with van der Waals surface area (Å²) in [4.78, 5) is 24.3. The molecular weight excluding hydrogens is 304 g/mol. The Bertz CT molecular complexity index is 636. The van der Waals surface area contributed by atoms with E-state index in [2.05, 4.69) is 0 Å². The molecule has 0 aromatic heterocycles. The molecule has 0 bridgehead atoms. The molecule has 0 radical (unpaired) electrons. The highest BCUT2D eigenvalue weighted by atomic mass is 16.6. The van der Waals surface area contributed by atoms with E-state index in [9.17, 15) is 14.7 Å². The minimum Gasteiger partial charge on any atom is -0.478 e. The number of benzene rings is 2. The summed E-state index contributed by atoms with van der Waals surface area (Å²) in [6.07, 6.45) is 0.243. The van der Waals surface area contributed by atoms with Crippen LogP contribution in [0.1, 0.15) is 25.0 Å². The lowest BCUT2D eigenvalue weighted by atomic mass is 9.87. The molecule has 1 N–H and O–H groups in total. The Morgan fingerprint density at radius 2 is 1.33 bits per heavy atom. The number of carboxylic acids is 1. The van der Waals surface area contributed by atoms with Crippen molar-refractivity contribution in [3.8, 4) is 0 Å². The minimum atomic E-state index is -1.62. The molecule has 2 aromatic rings. The second-order valence-electron chi connectivity index (χ2n) is 6.20. The van der Waals surface area contributed by atoms with Gasteiger partial charge in [0.25, 0.3) is 0 Å². The lowest BCUT2D eigenvalue weighted by Gasteiger charge is -2.30. The van der Waals surface area contributed by atoms with Gasteiger partial charge < -0.3 is 9.84 Å². The Kier molecular flexibility index (Phi) is 5.74. The Balaban J connectivity index is 2.39. The van der Waals surface area contributed by atoms with Crippen molar-refractivity contribution in [2.75, 3.05) is 0 Å². The number of aliphatic carboxylic acids is 1. The number of ether oxygens (including phenoxy) is 1. The number of carbonyl (C=O) groups is 2. The second kappa shape index (κ2) is 7.77. The van der Waals surface area contributed by atoms with Gasteiger partial charge in [0.1, 0.15) is 0 Å². The largest absolute Gasteiger partial charge is 0.478 e. The summed E-state index contributed by atoms with van der Waals surface area (Å²) in [6.45, 7) is 3.39. The van der Waals surface area contributed by atoms with Crippen molar-refractivity contribution >= 4 is 11.9 Å². The third-order valence-corrected chi connectivity index (χ3v) is 3.82. The molecule has 0 aliphatic rings. The van der Waals surface area contributed by atoms with Crippen LogP contribution < -0.4 is 0 Å². The smallest absolute Gasteiger partial charge is 0.348 e. The Hall–Kier alpha value is -2.62. The molecule has 0 fully saturated rings. The van der Waals surface area contributed by atoms with Crippen LogP contribution in [0, 0.1) is 5.92 Å². The maximum atomic E-state index is 12.2. The molecule has 0 saturated heterocycles. The molecule has 2 aromatic carbocycles. The van der Waals surface area contributed by atoms with Crippen LogP contribution in [-0.4, -0.2) is 22.6 Å². The van der Waals surface area contributed by atoms with Crippen LogP contribution in [0.4, 0.5) is 0 Å². The molecule has 0 spiro atoms. The molecule has 0 aliphatic carbocycles. The van der Waals surface area contributed by atoms with Gasteiger partial charge in [-0.1, -0.05) is 74.5 Å². The Morgan fingerprint density at radius 1 is 0.917 bits per heavy atom. The molecule has 0 unspecified atom stereocenters. The quantitative estimate of drug-likeness (QED) is 0.791. The van der Waals surface area contributed by atoms with Crippen molar-refractivity contribution in [1.29, 1.82) is 0 Å². The van der Waals surface area contributed by atoms with Gasteiger partial charge in [-0.25, -0.2) is 4.79 Å². The van der Waals surface area contributed by atoms with Crippen LogP contribution in [0.25, 0.3) is 0 Å². The molecule has 24 heavy (non-hydrogen) atoms. The number of hydrogen-bond acceptors (Lipinski definition) is 3. The maximum Gasteiger partial charge on any atom is 0.348 e. The molecule has 4 heteroatoms. The summed E-state index contributed by atoms with van der Waals surface area (Å²) in [5.74, 6) is -2.04. The molecule has 0 saturated carbocycles. The van der Waals surface area contributed by atoms with Crippen LogP contribution in [0.15, 0.2) is 60.7 Å². The van der Waals surface area contributed by atoms with E-state index in [-0.39, 0.29) is 12.8 Å². The number of rotatable bonds is 7.